The molecule has 42 heavy (non-hydrogen) atoms. The molecule has 0 fully saturated rings. The van der Waals surface area contributed by atoms with Crippen molar-refractivity contribution in [2.75, 3.05) is 18.1 Å². The maximum absolute atomic E-state index is 13.7. The number of hydrogen-bond acceptors (Lipinski definition) is 6. The molecule has 0 aliphatic rings. The molecule has 5 rings (SSSR count). The molecule has 0 saturated carbocycles. The smallest absolute Gasteiger partial charge is 0.338 e. The lowest BCUT2D eigenvalue weighted by Crippen LogP contribution is -2.31. The van der Waals surface area contributed by atoms with Crippen molar-refractivity contribution >= 4 is 17.6 Å². The first-order valence-corrected chi connectivity index (χ1v) is 13.9. The monoisotopic (exact) mass is 560 g/mol. The van der Waals surface area contributed by atoms with Gasteiger partial charge in [0.05, 0.1) is 31.0 Å². The molecule has 0 radical (unpaired) electrons. The fourth-order valence-corrected chi connectivity index (χ4v) is 4.61. The summed E-state index contributed by atoms with van der Waals surface area (Å²) in [4.78, 5) is 32.6. The van der Waals surface area contributed by atoms with Crippen molar-refractivity contribution < 1.29 is 23.5 Å². The number of nitrogens with zero attached hydrogens (tertiary/aromatic N) is 2. The molecule has 0 spiro atoms. The Bertz CT molecular complexity index is 1630. The van der Waals surface area contributed by atoms with Gasteiger partial charge in [0.1, 0.15) is 11.5 Å². The highest BCUT2D eigenvalue weighted by molar-refractivity contribution is 6.06. The van der Waals surface area contributed by atoms with Crippen molar-refractivity contribution in [1.82, 2.24) is 4.98 Å². The largest absolute Gasteiger partial charge is 0.493 e. The van der Waals surface area contributed by atoms with Crippen LogP contribution in [0.4, 0.5) is 5.69 Å². The van der Waals surface area contributed by atoms with Gasteiger partial charge in [-0.3, -0.25) is 4.79 Å². The first-order chi connectivity index (χ1) is 20.5. The van der Waals surface area contributed by atoms with Crippen LogP contribution in [0.25, 0.3) is 11.5 Å². The van der Waals surface area contributed by atoms with Gasteiger partial charge >= 0.3 is 5.97 Å². The highest BCUT2D eigenvalue weighted by Crippen LogP contribution is 2.26. The molecule has 212 valence electrons. The van der Waals surface area contributed by atoms with Crippen LogP contribution in [0, 0.1) is 6.92 Å². The van der Waals surface area contributed by atoms with Gasteiger partial charge in [0, 0.05) is 23.2 Å². The van der Waals surface area contributed by atoms with Crippen LogP contribution in [0.2, 0.25) is 0 Å². The molecule has 0 atom stereocenters. The first-order valence-electron chi connectivity index (χ1n) is 13.9. The molecule has 4 aromatic carbocycles. The molecule has 7 heteroatoms. The van der Waals surface area contributed by atoms with Crippen LogP contribution < -0.4 is 9.64 Å². The van der Waals surface area contributed by atoms with Gasteiger partial charge in [-0.25, -0.2) is 9.78 Å². The van der Waals surface area contributed by atoms with Crippen LogP contribution in [-0.4, -0.2) is 30.1 Å². The van der Waals surface area contributed by atoms with Gasteiger partial charge in [0.25, 0.3) is 5.91 Å². The average molecular weight is 561 g/mol. The van der Waals surface area contributed by atoms with E-state index in [4.69, 9.17) is 13.9 Å². The highest BCUT2D eigenvalue weighted by atomic mass is 16.5. The Labute approximate surface area is 245 Å². The van der Waals surface area contributed by atoms with E-state index in [0.29, 0.717) is 47.0 Å². The molecular weight excluding hydrogens is 528 g/mol. The van der Waals surface area contributed by atoms with Gasteiger partial charge in [-0.15, -0.1) is 0 Å². The van der Waals surface area contributed by atoms with E-state index in [0.717, 1.165) is 17.0 Å². The standard InChI is InChI=1S/C35H32N2O5/c1-3-40-35(39)31-17-11-10-16-28(31)24-37(34(38)27-14-8-5-9-15-27)29-18-20-30(21-19-29)41-23-22-32-25(2)42-33(36-32)26-12-6-4-7-13-26/h4-21H,3,22-24H2,1-2H3. The van der Waals surface area contributed by atoms with E-state index in [-0.39, 0.29) is 19.1 Å². The van der Waals surface area contributed by atoms with Crippen LogP contribution in [0.5, 0.6) is 5.75 Å². The summed E-state index contributed by atoms with van der Waals surface area (Å²) < 4.78 is 17.1. The van der Waals surface area contributed by atoms with Crippen molar-refractivity contribution in [3.05, 3.63) is 137 Å². The third kappa shape index (κ3) is 6.75. The lowest BCUT2D eigenvalue weighted by Gasteiger charge is -2.24. The zero-order chi connectivity index (χ0) is 29.3. The predicted octanol–water partition coefficient (Wildman–Crippen LogP) is 7.30. The second kappa shape index (κ2) is 13.5. The second-order valence-corrected chi connectivity index (χ2v) is 9.62. The molecule has 0 saturated heterocycles. The molecule has 0 unspecified atom stereocenters. The van der Waals surface area contributed by atoms with Crippen molar-refractivity contribution in [1.29, 1.82) is 0 Å². The molecule has 1 aromatic heterocycles. The van der Waals surface area contributed by atoms with Gasteiger partial charge < -0.3 is 18.8 Å². The zero-order valence-corrected chi connectivity index (χ0v) is 23.7. The number of carbonyl (C=O) groups is 2. The summed E-state index contributed by atoms with van der Waals surface area (Å²) in [6.07, 6.45) is 0.590. The van der Waals surface area contributed by atoms with Crippen LogP contribution in [-0.2, 0) is 17.7 Å². The number of hydrogen-bond donors (Lipinski definition) is 0. The fraction of sp³-hybridized carbons (Fsp3) is 0.171. The Balaban J connectivity index is 1.31. The Morgan fingerprint density at radius 3 is 2.21 bits per heavy atom. The Hall–Kier alpha value is -5.17. The summed E-state index contributed by atoms with van der Waals surface area (Å²) in [5.41, 5.74) is 4.13. The summed E-state index contributed by atoms with van der Waals surface area (Å²) >= 11 is 0. The first kappa shape index (κ1) is 28.4. The van der Waals surface area contributed by atoms with E-state index in [9.17, 15) is 9.59 Å². The fourth-order valence-electron chi connectivity index (χ4n) is 4.61. The van der Waals surface area contributed by atoms with E-state index in [1.54, 1.807) is 36.1 Å². The summed E-state index contributed by atoms with van der Waals surface area (Å²) in [6.45, 7) is 4.55. The number of benzene rings is 4. The van der Waals surface area contributed by atoms with Gasteiger partial charge in [-0.2, -0.15) is 0 Å². The normalized spacial score (nSPS) is 10.7. The number of oxazole rings is 1. The number of aryl methyl sites for hydroxylation is 1. The quantitative estimate of drug-likeness (QED) is 0.158. The molecule has 7 nitrogen and oxygen atoms in total. The number of anilines is 1. The number of amides is 1. The molecule has 5 aromatic rings. The molecule has 0 aliphatic heterocycles. The van der Waals surface area contributed by atoms with Crippen LogP contribution in [0.3, 0.4) is 0 Å². The van der Waals surface area contributed by atoms with Crippen molar-refractivity contribution in [2.45, 2.75) is 26.8 Å². The predicted molar refractivity (Wildman–Crippen MR) is 162 cm³/mol. The lowest BCUT2D eigenvalue weighted by atomic mass is 10.1. The van der Waals surface area contributed by atoms with Gasteiger partial charge in [-0.05, 0) is 74.0 Å². The van der Waals surface area contributed by atoms with Gasteiger partial charge in [-0.1, -0.05) is 54.6 Å². The number of carbonyl (C=O) groups excluding carboxylic acids is 2. The minimum absolute atomic E-state index is 0.182. The van der Waals surface area contributed by atoms with Gasteiger partial charge in [0.2, 0.25) is 5.89 Å². The van der Waals surface area contributed by atoms with Crippen molar-refractivity contribution in [2.24, 2.45) is 0 Å². The van der Waals surface area contributed by atoms with E-state index in [1.807, 2.05) is 91.9 Å². The number of rotatable bonds is 11. The zero-order valence-electron chi connectivity index (χ0n) is 23.7. The van der Waals surface area contributed by atoms with E-state index in [1.165, 1.54) is 0 Å². The second-order valence-electron chi connectivity index (χ2n) is 9.62. The number of ether oxygens (including phenoxy) is 2. The van der Waals surface area contributed by atoms with E-state index < -0.39 is 5.97 Å². The Kier molecular flexibility index (Phi) is 9.09. The third-order valence-corrected chi connectivity index (χ3v) is 6.78. The molecular formula is C35H32N2O5. The highest BCUT2D eigenvalue weighted by Gasteiger charge is 2.21. The van der Waals surface area contributed by atoms with E-state index >= 15 is 0 Å². The van der Waals surface area contributed by atoms with Crippen molar-refractivity contribution in [3.63, 3.8) is 0 Å². The van der Waals surface area contributed by atoms with Crippen molar-refractivity contribution in [3.8, 4) is 17.2 Å². The van der Waals surface area contributed by atoms with Crippen LogP contribution >= 0.6 is 0 Å². The topological polar surface area (TPSA) is 81.9 Å². The molecule has 0 N–H and O–H groups in total. The van der Waals surface area contributed by atoms with E-state index in [2.05, 4.69) is 4.98 Å². The third-order valence-electron chi connectivity index (χ3n) is 6.78. The minimum atomic E-state index is -0.415. The summed E-state index contributed by atoms with van der Waals surface area (Å²) in [6, 6.07) is 33.4. The maximum Gasteiger partial charge on any atom is 0.338 e. The Morgan fingerprint density at radius 1 is 0.833 bits per heavy atom. The molecule has 1 heterocycles. The van der Waals surface area contributed by atoms with Gasteiger partial charge in [0.15, 0.2) is 0 Å². The summed E-state index contributed by atoms with van der Waals surface area (Å²) in [5, 5.41) is 0. The number of aromatic nitrogens is 1. The average Bonchev–Trinajstić information content (AvgIpc) is 3.41. The maximum atomic E-state index is 13.7. The van der Waals surface area contributed by atoms with Crippen LogP contribution in [0.15, 0.2) is 114 Å². The summed E-state index contributed by atoms with van der Waals surface area (Å²) in [7, 11) is 0. The van der Waals surface area contributed by atoms with Crippen LogP contribution in [0.1, 0.15) is 44.7 Å². The summed E-state index contributed by atoms with van der Waals surface area (Å²) in [5.74, 6) is 1.44. The molecule has 0 aliphatic carbocycles. The Morgan fingerprint density at radius 2 is 1.50 bits per heavy atom. The SMILES string of the molecule is CCOC(=O)c1ccccc1CN(C(=O)c1ccccc1)c1ccc(OCCc2nc(-c3ccccc3)oc2C)cc1. The lowest BCUT2D eigenvalue weighted by molar-refractivity contribution is 0.0524. The minimum Gasteiger partial charge on any atom is -0.493 e. The number of esters is 1. The molecule has 1 amide bonds. The molecule has 0 bridgehead atoms.